The zero-order valence-electron chi connectivity index (χ0n) is 9.31. The minimum absolute atomic E-state index is 0.0776. The fourth-order valence-corrected chi connectivity index (χ4v) is 1.17. The molecule has 0 saturated heterocycles. The molecule has 0 aliphatic heterocycles. The minimum atomic E-state index is -0.323. The highest BCUT2D eigenvalue weighted by atomic mass is 16.5. The van der Waals surface area contributed by atoms with Crippen LogP contribution in [0.25, 0.3) is 0 Å². The molecule has 88 valence electrons. The van der Waals surface area contributed by atoms with E-state index < -0.39 is 0 Å². The average Bonchev–Trinajstić information content (AvgIpc) is 2.24. The highest BCUT2D eigenvalue weighted by Crippen LogP contribution is 1.95. The van der Waals surface area contributed by atoms with Crippen molar-refractivity contribution in [3.8, 4) is 0 Å². The van der Waals surface area contributed by atoms with Gasteiger partial charge in [-0.2, -0.15) is 0 Å². The molecule has 5 heteroatoms. The van der Waals surface area contributed by atoms with Crippen LogP contribution in [0.3, 0.4) is 0 Å². The Kier molecular flexibility index (Phi) is 4.57. The summed E-state index contributed by atoms with van der Waals surface area (Å²) in [6, 6.07) is 1.33. The molecule has 0 spiro atoms. The van der Waals surface area contributed by atoms with E-state index in [1.54, 1.807) is 0 Å². The molecule has 0 saturated carbocycles. The van der Waals surface area contributed by atoms with Crippen molar-refractivity contribution in [3.05, 3.63) is 28.7 Å². The number of nitrogens with two attached hydrogens (primary N) is 1. The molecule has 1 aromatic rings. The number of aromatic nitrogens is 1. The third kappa shape index (κ3) is 3.76. The van der Waals surface area contributed by atoms with Gasteiger partial charge in [-0.1, -0.05) is 13.3 Å². The van der Waals surface area contributed by atoms with E-state index in [1.165, 1.54) is 23.0 Å². The van der Waals surface area contributed by atoms with Crippen molar-refractivity contribution < 1.29 is 9.53 Å². The number of hydrogen-bond acceptors (Lipinski definition) is 4. The Bertz CT molecular complexity index is 412. The zero-order valence-corrected chi connectivity index (χ0v) is 9.31. The first-order valence-corrected chi connectivity index (χ1v) is 5.24. The Morgan fingerprint density at radius 3 is 2.94 bits per heavy atom. The molecule has 0 unspecified atom stereocenters. The molecule has 1 aromatic heterocycles. The van der Waals surface area contributed by atoms with E-state index in [0.29, 0.717) is 6.61 Å². The second kappa shape index (κ2) is 5.95. The number of unbranched alkanes of at least 4 members (excludes halogenated alkanes) is 1. The maximum atomic E-state index is 11.3. The van der Waals surface area contributed by atoms with Gasteiger partial charge in [0.2, 0.25) is 5.43 Å². The van der Waals surface area contributed by atoms with Crippen LogP contribution in [-0.2, 0) is 16.1 Å². The van der Waals surface area contributed by atoms with Gasteiger partial charge < -0.3 is 15.0 Å². The van der Waals surface area contributed by atoms with Gasteiger partial charge in [0.15, 0.2) is 0 Å². The standard InChI is InChI=1S/C11H16N2O3/c1-2-3-6-16-11(15)8-13-5-4-10(14)9(12)7-13/h4-5,7H,2-3,6,8,12H2,1H3. The Hall–Kier alpha value is -1.78. The zero-order chi connectivity index (χ0) is 12.0. The SMILES string of the molecule is CCCCOC(=O)Cn1ccc(=O)c(N)c1. The average molecular weight is 224 g/mol. The number of anilines is 1. The molecule has 0 bridgehead atoms. The molecule has 16 heavy (non-hydrogen) atoms. The number of ether oxygens (including phenoxy) is 1. The van der Waals surface area contributed by atoms with Gasteiger partial charge in [0, 0.05) is 18.5 Å². The van der Waals surface area contributed by atoms with Gasteiger partial charge in [0.05, 0.1) is 12.3 Å². The Morgan fingerprint density at radius 1 is 1.56 bits per heavy atom. The lowest BCUT2D eigenvalue weighted by atomic mass is 10.4. The predicted molar refractivity (Wildman–Crippen MR) is 61.0 cm³/mol. The van der Waals surface area contributed by atoms with E-state index in [1.807, 2.05) is 6.92 Å². The summed E-state index contributed by atoms with van der Waals surface area (Å²) >= 11 is 0. The predicted octanol–water partition coefficient (Wildman–Crippen LogP) is 0.774. The number of pyridine rings is 1. The highest BCUT2D eigenvalue weighted by molar-refractivity contribution is 5.69. The van der Waals surface area contributed by atoms with E-state index in [-0.39, 0.29) is 23.6 Å². The van der Waals surface area contributed by atoms with Crippen LogP contribution in [0.4, 0.5) is 5.69 Å². The van der Waals surface area contributed by atoms with Gasteiger partial charge in [-0.3, -0.25) is 9.59 Å². The fourth-order valence-electron chi connectivity index (χ4n) is 1.17. The van der Waals surface area contributed by atoms with Crippen molar-refractivity contribution in [1.29, 1.82) is 0 Å². The summed E-state index contributed by atoms with van der Waals surface area (Å²) < 4.78 is 6.51. The fraction of sp³-hybridized carbons (Fsp3) is 0.455. The lowest BCUT2D eigenvalue weighted by Gasteiger charge is -2.07. The number of carbonyl (C=O) groups excluding carboxylic acids is 1. The Balaban J connectivity index is 2.50. The van der Waals surface area contributed by atoms with Gasteiger partial charge in [-0.25, -0.2) is 0 Å². The van der Waals surface area contributed by atoms with Crippen LogP contribution in [-0.4, -0.2) is 17.1 Å². The summed E-state index contributed by atoms with van der Waals surface area (Å²) in [6.07, 6.45) is 4.79. The quantitative estimate of drug-likeness (QED) is 0.592. The molecule has 5 nitrogen and oxygen atoms in total. The second-order valence-corrected chi connectivity index (χ2v) is 3.51. The molecule has 0 aliphatic rings. The summed E-state index contributed by atoms with van der Waals surface area (Å²) in [4.78, 5) is 22.3. The van der Waals surface area contributed by atoms with Crippen LogP contribution in [0.15, 0.2) is 23.3 Å². The molecule has 0 atom stereocenters. The molecule has 0 aromatic carbocycles. The van der Waals surface area contributed by atoms with Crippen molar-refractivity contribution in [2.45, 2.75) is 26.3 Å². The molecule has 0 amide bonds. The lowest BCUT2D eigenvalue weighted by Crippen LogP contribution is -2.17. The normalized spacial score (nSPS) is 10.1. The summed E-state index contributed by atoms with van der Waals surface area (Å²) in [5.41, 5.74) is 5.32. The third-order valence-electron chi connectivity index (χ3n) is 2.08. The second-order valence-electron chi connectivity index (χ2n) is 3.51. The van der Waals surface area contributed by atoms with Crippen molar-refractivity contribution in [3.63, 3.8) is 0 Å². The summed E-state index contributed by atoms with van der Waals surface area (Å²) in [6.45, 7) is 2.54. The highest BCUT2D eigenvalue weighted by Gasteiger charge is 2.03. The number of rotatable bonds is 5. The molecule has 0 aliphatic carbocycles. The van der Waals surface area contributed by atoms with E-state index in [4.69, 9.17) is 10.5 Å². The van der Waals surface area contributed by atoms with Crippen LogP contribution in [0.2, 0.25) is 0 Å². The Labute approximate surface area is 93.8 Å². The van der Waals surface area contributed by atoms with E-state index in [9.17, 15) is 9.59 Å². The number of nitrogen functional groups attached to an aromatic ring is 1. The number of nitrogens with zero attached hydrogens (tertiary/aromatic N) is 1. The van der Waals surface area contributed by atoms with E-state index in [0.717, 1.165) is 12.8 Å². The Morgan fingerprint density at radius 2 is 2.31 bits per heavy atom. The van der Waals surface area contributed by atoms with Gasteiger partial charge in [-0.05, 0) is 6.42 Å². The molecule has 1 heterocycles. The molecule has 0 radical (unpaired) electrons. The molecular formula is C11H16N2O3. The number of hydrogen-bond donors (Lipinski definition) is 1. The third-order valence-corrected chi connectivity index (χ3v) is 2.08. The number of carbonyl (C=O) groups is 1. The largest absolute Gasteiger partial charge is 0.464 e. The van der Waals surface area contributed by atoms with Crippen LogP contribution < -0.4 is 11.2 Å². The van der Waals surface area contributed by atoms with Gasteiger partial charge in [0.1, 0.15) is 6.54 Å². The smallest absolute Gasteiger partial charge is 0.325 e. The van der Waals surface area contributed by atoms with Crippen LogP contribution in [0.1, 0.15) is 19.8 Å². The molecular weight excluding hydrogens is 208 g/mol. The first kappa shape index (κ1) is 12.3. The molecule has 2 N–H and O–H groups in total. The maximum Gasteiger partial charge on any atom is 0.325 e. The number of esters is 1. The summed E-state index contributed by atoms with van der Waals surface area (Å²) in [5.74, 6) is -0.323. The summed E-state index contributed by atoms with van der Waals surface area (Å²) in [5, 5.41) is 0. The monoisotopic (exact) mass is 224 g/mol. The van der Waals surface area contributed by atoms with Crippen molar-refractivity contribution >= 4 is 11.7 Å². The topological polar surface area (TPSA) is 74.3 Å². The first-order chi connectivity index (χ1) is 7.63. The van der Waals surface area contributed by atoms with Crippen molar-refractivity contribution in [1.82, 2.24) is 4.57 Å². The van der Waals surface area contributed by atoms with Crippen LogP contribution >= 0.6 is 0 Å². The van der Waals surface area contributed by atoms with Crippen molar-refractivity contribution in [2.24, 2.45) is 0 Å². The van der Waals surface area contributed by atoms with E-state index in [2.05, 4.69) is 0 Å². The van der Waals surface area contributed by atoms with Gasteiger partial charge in [0.25, 0.3) is 0 Å². The molecule has 1 rings (SSSR count). The van der Waals surface area contributed by atoms with Crippen LogP contribution in [0, 0.1) is 0 Å². The van der Waals surface area contributed by atoms with Gasteiger partial charge in [-0.15, -0.1) is 0 Å². The summed E-state index contributed by atoms with van der Waals surface area (Å²) in [7, 11) is 0. The maximum absolute atomic E-state index is 11.3. The molecule has 0 fully saturated rings. The minimum Gasteiger partial charge on any atom is -0.464 e. The van der Waals surface area contributed by atoms with Gasteiger partial charge >= 0.3 is 5.97 Å². The van der Waals surface area contributed by atoms with Crippen molar-refractivity contribution in [2.75, 3.05) is 12.3 Å². The lowest BCUT2D eigenvalue weighted by molar-refractivity contribution is -0.144. The van der Waals surface area contributed by atoms with Crippen LogP contribution in [0.5, 0.6) is 0 Å². The first-order valence-electron chi connectivity index (χ1n) is 5.24. The van der Waals surface area contributed by atoms with E-state index >= 15 is 0 Å².